The van der Waals surface area contributed by atoms with Crippen molar-refractivity contribution in [3.63, 3.8) is 0 Å². The van der Waals surface area contributed by atoms with E-state index >= 15 is 0 Å². The van der Waals surface area contributed by atoms with Gasteiger partial charge in [-0.25, -0.2) is 9.98 Å². The lowest BCUT2D eigenvalue weighted by Crippen LogP contribution is -2.43. The van der Waals surface area contributed by atoms with Gasteiger partial charge in [0.15, 0.2) is 5.96 Å². The molecule has 0 aliphatic carbocycles. The average Bonchev–Trinajstić information content (AvgIpc) is 3.11. The van der Waals surface area contributed by atoms with Crippen LogP contribution in [-0.2, 0) is 13.1 Å². The predicted octanol–water partition coefficient (Wildman–Crippen LogP) is 3.75. The van der Waals surface area contributed by atoms with Gasteiger partial charge in [0.1, 0.15) is 0 Å². The molecule has 0 spiro atoms. The minimum atomic E-state index is 0. The third-order valence-corrected chi connectivity index (χ3v) is 5.16. The molecule has 7 heteroatoms. The first-order valence-corrected chi connectivity index (χ1v) is 9.86. The maximum atomic E-state index is 4.73. The molecule has 0 atom stereocenters. The van der Waals surface area contributed by atoms with Crippen LogP contribution in [-0.4, -0.2) is 39.6 Å². The molecule has 0 aliphatic rings. The van der Waals surface area contributed by atoms with Gasteiger partial charge in [-0.2, -0.15) is 11.8 Å². The van der Waals surface area contributed by atoms with E-state index < -0.39 is 0 Å². The van der Waals surface area contributed by atoms with Crippen molar-refractivity contribution in [3.05, 3.63) is 54.1 Å². The van der Waals surface area contributed by atoms with Crippen LogP contribution >= 0.6 is 35.7 Å². The number of hydrogen-bond acceptors (Lipinski definition) is 3. The SMILES string of the molecule is CCNC(=NCc1cccc(Cn2ccnc2)c1)NCC(C)(C)SC.I. The van der Waals surface area contributed by atoms with E-state index in [2.05, 4.69) is 71.5 Å². The van der Waals surface area contributed by atoms with Crippen molar-refractivity contribution in [1.29, 1.82) is 0 Å². The van der Waals surface area contributed by atoms with Crippen LogP contribution in [0.25, 0.3) is 0 Å². The highest BCUT2D eigenvalue weighted by Gasteiger charge is 2.16. The number of nitrogens with zero attached hydrogens (tertiary/aromatic N) is 3. The second-order valence-electron chi connectivity index (χ2n) is 6.57. The maximum Gasteiger partial charge on any atom is 0.191 e. The largest absolute Gasteiger partial charge is 0.357 e. The third-order valence-electron chi connectivity index (χ3n) is 3.91. The van der Waals surface area contributed by atoms with Gasteiger partial charge in [0.25, 0.3) is 0 Å². The lowest BCUT2D eigenvalue weighted by Gasteiger charge is -2.23. The molecule has 1 heterocycles. The highest BCUT2D eigenvalue weighted by Crippen LogP contribution is 2.19. The van der Waals surface area contributed by atoms with E-state index in [1.807, 2.05) is 24.3 Å². The van der Waals surface area contributed by atoms with Crippen molar-refractivity contribution in [2.24, 2.45) is 4.99 Å². The molecule has 144 valence electrons. The number of hydrogen-bond donors (Lipinski definition) is 2. The van der Waals surface area contributed by atoms with Crippen LogP contribution in [0, 0.1) is 0 Å². The van der Waals surface area contributed by atoms with Gasteiger partial charge in [-0.15, -0.1) is 24.0 Å². The number of aromatic nitrogens is 2. The summed E-state index contributed by atoms with van der Waals surface area (Å²) in [5.41, 5.74) is 2.46. The molecular formula is C19H30IN5S. The topological polar surface area (TPSA) is 54.2 Å². The zero-order valence-electron chi connectivity index (χ0n) is 16.0. The average molecular weight is 487 g/mol. The molecule has 0 aliphatic heterocycles. The first-order valence-electron chi connectivity index (χ1n) is 8.63. The number of halogens is 1. The number of nitrogens with one attached hydrogen (secondary N) is 2. The summed E-state index contributed by atoms with van der Waals surface area (Å²) in [6.45, 7) is 9.77. The zero-order valence-corrected chi connectivity index (χ0v) is 19.2. The Balaban J connectivity index is 0.00000338. The van der Waals surface area contributed by atoms with E-state index in [0.29, 0.717) is 6.54 Å². The van der Waals surface area contributed by atoms with Crippen LogP contribution in [0.2, 0.25) is 0 Å². The van der Waals surface area contributed by atoms with Gasteiger partial charge >= 0.3 is 0 Å². The van der Waals surface area contributed by atoms with Crippen LogP contribution in [0.15, 0.2) is 48.0 Å². The van der Waals surface area contributed by atoms with Gasteiger partial charge in [-0.1, -0.05) is 24.3 Å². The Morgan fingerprint density at radius 2 is 2.04 bits per heavy atom. The predicted molar refractivity (Wildman–Crippen MR) is 124 cm³/mol. The fourth-order valence-corrected chi connectivity index (χ4v) is 2.51. The van der Waals surface area contributed by atoms with Gasteiger partial charge in [-0.3, -0.25) is 0 Å². The molecule has 0 saturated heterocycles. The zero-order chi connectivity index (χ0) is 18.1. The van der Waals surface area contributed by atoms with E-state index in [1.54, 1.807) is 6.20 Å². The van der Waals surface area contributed by atoms with Crippen LogP contribution in [0.3, 0.4) is 0 Å². The fourth-order valence-electron chi connectivity index (χ4n) is 2.30. The Labute approximate surface area is 178 Å². The van der Waals surface area contributed by atoms with Crippen LogP contribution in [0.4, 0.5) is 0 Å². The van der Waals surface area contributed by atoms with Crippen molar-refractivity contribution in [2.75, 3.05) is 19.3 Å². The smallest absolute Gasteiger partial charge is 0.191 e. The van der Waals surface area contributed by atoms with E-state index in [-0.39, 0.29) is 28.7 Å². The van der Waals surface area contributed by atoms with E-state index in [4.69, 9.17) is 4.99 Å². The molecule has 0 fully saturated rings. The Morgan fingerprint density at radius 3 is 2.69 bits per heavy atom. The first-order chi connectivity index (χ1) is 12.0. The summed E-state index contributed by atoms with van der Waals surface area (Å²) in [4.78, 5) is 8.82. The highest BCUT2D eigenvalue weighted by molar-refractivity contribution is 14.0. The third kappa shape index (κ3) is 7.99. The van der Waals surface area contributed by atoms with Gasteiger partial charge in [0.2, 0.25) is 0 Å². The summed E-state index contributed by atoms with van der Waals surface area (Å²) < 4.78 is 2.25. The Bertz CT molecular complexity index is 670. The quantitative estimate of drug-likeness (QED) is 0.339. The summed E-state index contributed by atoms with van der Waals surface area (Å²) in [5, 5.41) is 6.76. The molecule has 0 bridgehead atoms. The monoisotopic (exact) mass is 487 g/mol. The molecule has 0 radical (unpaired) electrons. The van der Waals surface area contributed by atoms with E-state index in [9.17, 15) is 0 Å². The highest BCUT2D eigenvalue weighted by atomic mass is 127. The standard InChI is InChI=1S/C19H29N5S.HI/c1-5-21-18(23-14-19(2,3)25-4)22-12-16-7-6-8-17(11-16)13-24-10-9-20-15-24;/h6-11,15H,5,12-14H2,1-4H3,(H2,21,22,23);1H. The number of thioether (sulfide) groups is 1. The lowest BCUT2D eigenvalue weighted by molar-refractivity contribution is 0.665. The number of imidazole rings is 1. The molecule has 2 N–H and O–H groups in total. The lowest BCUT2D eigenvalue weighted by atomic mass is 10.1. The minimum absolute atomic E-state index is 0. The number of benzene rings is 1. The summed E-state index contributed by atoms with van der Waals surface area (Å²) in [6, 6.07) is 8.56. The summed E-state index contributed by atoms with van der Waals surface area (Å²) in [5.74, 6) is 0.865. The molecular weight excluding hydrogens is 457 g/mol. The second-order valence-corrected chi connectivity index (χ2v) is 8.08. The van der Waals surface area contributed by atoms with E-state index in [1.165, 1.54) is 11.1 Å². The van der Waals surface area contributed by atoms with Crippen molar-refractivity contribution < 1.29 is 0 Å². The van der Waals surface area contributed by atoms with Crippen molar-refractivity contribution in [1.82, 2.24) is 20.2 Å². The normalized spacial score (nSPS) is 11.8. The van der Waals surface area contributed by atoms with Gasteiger partial charge in [-0.05, 0) is 38.2 Å². The maximum absolute atomic E-state index is 4.73. The van der Waals surface area contributed by atoms with E-state index in [0.717, 1.165) is 25.6 Å². The fraction of sp³-hybridized carbons (Fsp3) is 0.474. The molecule has 0 saturated carbocycles. The van der Waals surface area contributed by atoms with Crippen molar-refractivity contribution >= 4 is 41.7 Å². The molecule has 0 amide bonds. The molecule has 1 aromatic heterocycles. The number of rotatable bonds is 8. The molecule has 2 aromatic rings. The molecule has 1 aromatic carbocycles. The first kappa shape index (κ1) is 22.8. The Morgan fingerprint density at radius 1 is 1.27 bits per heavy atom. The second kappa shape index (κ2) is 11.5. The van der Waals surface area contributed by atoms with Crippen molar-refractivity contribution in [3.8, 4) is 0 Å². The van der Waals surface area contributed by atoms with Gasteiger partial charge in [0.05, 0.1) is 12.9 Å². The Hall–Kier alpha value is -1.22. The summed E-state index contributed by atoms with van der Waals surface area (Å²) in [6.07, 6.45) is 7.76. The van der Waals surface area contributed by atoms with Crippen LogP contribution in [0.5, 0.6) is 0 Å². The number of aliphatic imine (C=N–C) groups is 1. The molecule has 2 rings (SSSR count). The number of guanidine groups is 1. The molecule has 5 nitrogen and oxygen atoms in total. The van der Waals surface area contributed by atoms with Crippen LogP contribution < -0.4 is 10.6 Å². The van der Waals surface area contributed by atoms with Gasteiger partial charge < -0.3 is 15.2 Å². The van der Waals surface area contributed by atoms with Gasteiger partial charge in [0, 0.05) is 36.8 Å². The van der Waals surface area contributed by atoms with Crippen molar-refractivity contribution in [2.45, 2.75) is 38.6 Å². The summed E-state index contributed by atoms with van der Waals surface area (Å²) in [7, 11) is 0. The molecule has 0 unspecified atom stereocenters. The minimum Gasteiger partial charge on any atom is -0.357 e. The van der Waals surface area contributed by atoms with Crippen LogP contribution in [0.1, 0.15) is 31.9 Å². The Kier molecular flexibility index (Phi) is 10.1. The molecule has 26 heavy (non-hydrogen) atoms. The summed E-state index contributed by atoms with van der Waals surface area (Å²) >= 11 is 1.85.